The van der Waals surface area contributed by atoms with Gasteiger partial charge in [-0.3, -0.25) is 9.78 Å². The van der Waals surface area contributed by atoms with Crippen molar-refractivity contribution >= 4 is 16.8 Å². The van der Waals surface area contributed by atoms with E-state index in [0.717, 1.165) is 10.9 Å². The zero-order chi connectivity index (χ0) is 13.8. The molecule has 0 bridgehead atoms. The van der Waals surface area contributed by atoms with Crippen LogP contribution in [0.2, 0.25) is 0 Å². The zero-order valence-electron chi connectivity index (χ0n) is 11.2. The normalized spacial score (nSPS) is 10.9. The standard InChI is InChI=1S/C15H18N2O2/c1-11(2)17(9-10-18)15(19)13-7-8-16-14-6-4-3-5-12(13)14/h3-8,11,18H,9-10H2,1-2H3. The summed E-state index contributed by atoms with van der Waals surface area (Å²) in [5.41, 5.74) is 1.44. The van der Waals surface area contributed by atoms with Crippen LogP contribution in [0.1, 0.15) is 24.2 Å². The Balaban J connectivity index is 2.45. The molecule has 0 fully saturated rings. The van der Waals surface area contributed by atoms with Gasteiger partial charge in [0.2, 0.25) is 0 Å². The van der Waals surface area contributed by atoms with Crippen LogP contribution in [0.5, 0.6) is 0 Å². The van der Waals surface area contributed by atoms with Crippen molar-refractivity contribution in [3.05, 3.63) is 42.1 Å². The zero-order valence-corrected chi connectivity index (χ0v) is 11.2. The Labute approximate surface area is 112 Å². The number of fused-ring (bicyclic) bond motifs is 1. The van der Waals surface area contributed by atoms with Gasteiger partial charge in [0.15, 0.2) is 0 Å². The number of para-hydroxylation sites is 1. The van der Waals surface area contributed by atoms with Crippen LogP contribution in [0.15, 0.2) is 36.5 Å². The molecular formula is C15H18N2O2. The van der Waals surface area contributed by atoms with Gasteiger partial charge in [0.1, 0.15) is 0 Å². The SMILES string of the molecule is CC(C)N(CCO)C(=O)c1ccnc2ccccc12. The van der Waals surface area contributed by atoms with Crippen molar-refractivity contribution in [3.8, 4) is 0 Å². The van der Waals surface area contributed by atoms with Crippen LogP contribution in [0, 0.1) is 0 Å². The van der Waals surface area contributed by atoms with E-state index in [-0.39, 0.29) is 18.6 Å². The molecule has 0 atom stereocenters. The molecule has 1 heterocycles. The number of pyridine rings is 1. The highest BCUT2D eigenvalue weighted by Gasteiger charge is 2.20. The summed E-state index contributed by atoms with van der Waals surface area (Å²) in [7, 11) is 0. The number of carbonyl (C=O) groups excluding carboxylic acids is 1. The first-order valence-corrected chi connectivity index (χ1v) is 6.40. The van der Waals surface area contributed by atoms with Gasteiger partial charge < -0.3 is 10.0 Å². The summed E-state index contributed by atoms with van der Waals surface area (Å²) in [5, 5.41) is 9.93. The number of hydrogen-bond acceptors (Lipinski definition) is 3. The molecule has 1 aromatic heterocycles. The van der Waals surface area contributed by atoms with Crippen LogP contribution in [0.3, 0.4) is 0 Å². The van der Waals surface area contributed by atoms with E-state index in [9.17, 15) is 4.79 Å². The Bertz CT molecular complexity index is 576. The number of aliphatic hydroxyl groups excluding tert-OH is 1. The number of nitrogens with zero attached hydrogens (tertiary/aromatic N) is 2. The summed E-state index contributed by atoms with van der Waals surface area (Å²) in [4.78, 5) is 18.5. The monoisotopic (exact) mass is 258 g/mol. The number of carbonyl (C=O) groups is 1. The molecule has 100 valence electrons. The molecule has 4 heteroatoms. The van der Waals surface area contributed by atoms with Gasteiger partial charge in [-0.1, -0.05) is 18.2 Å². The molecule has 0 aliphatic rings. The van der Waals surface area contributed by atoms with Crippen molar-refractivity contribution in [1.82, 2.24) is 9.88 Å². The topological polar surface area (TPSA) is 53.4 Å². The number of amides is 1. The van der Waals surface area contributed by atoms with Gasteiger partial charge in [-0.15, -0.1) is 0 Å². The molecular weight excluding hydrogens is 240 g/mol. The van der Waals surface area contributed by atoms with E-state index in [1.54, 1.807) is 17.2 Å². The maximum Gasteiger partial charge on any atom is 0.254 e. The molecule has 0 saturated carbocycles. The lowest BCUT2D eigenvalue weighted by Gasteiger charge is -2.26. The maximum atomic E-state index is 12.6. The second-order valence-electron chi connectivity index (χ2n) is 4.69. The van der Waals surface area contributed by atoms with Gasteiger partial charge in [0, 0.05) is 24.2 Å². The fraction of sp³-hybridized carbons (Fsp3) is 0.333. The summed E-state index contributed by atoms with van der Waals surface area (Å²) in [6.07, 6.45) is 1.65. The molecule has 2 aromatic rings. The lowest BCUT2D eigenvalue weighted by atomic mass is 10.1. The van der Waals surface area contributed by atoms with E-state index in [2.05, 4.69) is 4.98 Å². The highest BCUT2D eigenvalue weighted by atomic mass is 16.3. The van der Waals surface area contributed by atoms with Crippen LogP contribution < -0.4 is 0 Å². The molecule has 1 amide bonds. The predicted molar refractivity (Wildman–Crippen MR) is 75.0 cm³/mol. The van der Waals surface area contributed by atoms with Gasteiger partial charge in [-0.2, -0.15) is 0 Å². The molecule has 0 aliphatic carbocycles. The van der Waals surface area contributed by atoms with Crippen LogP contribution in [0.4, 0.5) is 0 Å². The van der Waals surface area contributed by atoms with Crippen molar-refractivity contribution < 1.29 is 9.90 Å². The fourth-order valence-corrected chi connectivity index (χ4v) is 2.14. The summed E-state index contributed by atoms with van der Waals surface area (Å²) in [6, 6.07) is 9.36. The van der Waals surface area contributed by atoms with Gasteiger partial charge in [0.05, 0.1) is 17.7 Å². The van der Waals surface area contributed by atoms with E-state index in [4.69, 9.17) is 5.11 Å². The summed E-state index contributed by atoms with van der Waals surface area (Å²) in [5.74, 6) is -0.0670. The molecule has 0 unspecified atom stereocenters. The van der Waals surface area contributed by atoms with Gasteiger partial charge in [0.25, 0.3) is 5.91 Å². The minimum absolute atomic E-state index is 0.0348. The van der Waals surface area contributed by atoms with Crippen molar-refractivity contribution in [2.24, 2.45) is 0 Å². The Morgan fingerprint density at radius 3 is 2.74 bits per heavy atom. The first kappa shape index (κ1) is 13.5. The van der Waals surface area contributed by atoms with Crippen molar-refractivity contribution in [2.75, 3.05) is 13.2 Å². The molecule has 0 saturated heterocycles. The molecule has 1 N–H and O–H groups in total. The maximum absolute atomic E-state index is 12.6. The van der Waals surface area contributed by atoms with Gasteiger partial charge >= 0.3 is 0 Å². The minimum Gasteiger partial charge on any atom is -0.395 e. The Hall–Kier alpha value is -1.94. The molecule has 4 nitrogen and oxygen atoms in total. The molecule has 2 rings (SSSR count). The van der Waals surface area contributed by atoms with Crippen molar-refractivity contribution in [2.45, 2.75) is 19.9 Å². The minimum atomic E-state index is -0.0670. The van der Waals surface area contributed by atoms with E-state index in [1.807, 2.05) is 38.1 Å². The average molecular weight is 258 g/mol. The van der Waals surface area contributed by atoms with Crippen LogP contribution in [0.25, 0.3) is 10.9 Å². The van der Waals surface area contributed by atoms with Crippen LogP contribution >= 0.6 is 0 Å². The Morgan fingerprint density at radius 1 is 1.32 bits per heavy atom. The summed E-state index contributed by atoms with van der Waals surface area (Å²) < 4.78 is 0. The molecule has 19 heavy (non-hydrogen) atoms. The number of aromatic nitrogens is 1. The molecule has 0 aliphatic heterocycles. The van der Waals surface area contributed by atoms with Crippen LogP contribution in [-0.2, 0) is 0 Å². The fourth-order valence-electron chi connectivity index (χ4n) is 2.14. The lowest BCUT2D eigenvalue weighted by molar-refractivity contribution is 0.0667. The highest BCUT2D eigenvalue weighted by Crippen LogP contribution is 2.18. The Morgan fingerprint density at radius 2 is 2.05 bits per heavy atom. The third-order valence-corrected chi connectivity index (χ3v) is 3.10. The van der Waals surface area contributed by atoms with E-state index in [0.29, 0.717) is 12.1 Å². The first-order valence-electron chi connectivity index (χ1n) is 6.40. The van der Waals surface area contributed by atoms with E-state index < -0.39 is 0 Å². The second kappa shape index (κ2) is 5.80. The van der Waals surface area contributed by atoms with E-state index in [1.165, 1.54) is 0 Å². The van der Waals surface area contributed by atoms with Crippen LogP contribution in [-0.4, -0.2) is 40.1 Å². The average Bonchev–Trinajstić information content (AvgIpc) is 2.43. The summed E-state index contributed by atoms with van der Waals surface area (Å²) in [6.45, 7) is 4.19. The Kier molecular flexibility index (Phi) is 4.12. The van der Waals surface area contributed by atoms with Gasteiger partial charge in [-0.05, 0) is 26.0 Å². The smallest absolute Gasteiger partial charge is 0.254 e. The summed E-state index contributed by atoms with van der Waals surface area (Å²) >= 11 is 0. The second-order valence-corrected chi connectivity index (χ2v) is 4.69. The number of aliphatic hydroxyl groups is 1. The van der Waals surface area contributed by atoms with Gasteiger partial charge in [-0.25, -0.2) is 0 Å². The quantitative estimate of drug-likeness (QED) is 0.913. The van der Waals surface area contributed by atoms with E-state index >= 15 is 0 Å². The third-order valence-electron chi connectivity index (χ3n) is 3.10. The molecule has 0 spiro atoms. The molecule has 0 radical (unpaired) electrons. The predicted octanol–water partition coefficient (Wildman–Crippen LogP) is 2.08. The van der Waals surface area contributed by atoms with Crippen molar-refractivity contribution in [1.29, 1.82) is 0 Å². The molecule has 1 aromatic carbocycles. The van der Waals surface area contributed by atoms with Crippen molar-refractivity contribution in [3.63, 3.8) is 0 Å². The lowest BCUT2D eigenvalue weighted by Crippen LogP contribution is -2.39. The third kappa shape index (κ3) is 2.74. The first-order chi connectivity index (χ1) is 9.15. The number of hydrogen-bond donors (Lipinski definition) is 1. The largest absolute Gasteiger partial charge is 0.395 e. The number of rotatable bonds is 4. The number of benzene rings is 1. The highest BCUT2D eigenvalue weighted by molar-refractivity contribution is 6.06.